The van der Waals surface area contributed by atoms with E-state index < -0.39 is 5.97 Å². The molecule has 17 heavy (non-hydrogen) atoms. The van der Waals surface area contributed by atoms with E-state index >= 15 is 0 Å². The monoisotopic (exact) mass is 242 g/mol. The summed E-state index contributed by atoms with van der Waals surface area (Å²) in [5.41, 5.74) is 4.16. The molecule has 5 nitrogen and oxygen atoms in total. The highest BCUT2D eigenvalue weighted by molar-refractivity contribution is 5.93. The van der Waals surface area contributed by atoms with Crippen molar-refractivity contribution in [2.24, 2.45) is 0 Å². The number of anilines is 1. The van der Waals surface area contributed by atoms with Gasteiger partial charge < -0.3 is 20.5 Å². The van der Waals surface area contributed by atoms with Crippen molar-refractivity contribution >= 4 is 17.6 Å². The lowest BCUT2D eigenvalue weighted by atomic mass is 10.3. The molecule has 1 rings (SSSR count). The zero-order chi connectivity index (χ0) is 13.4. The van der Waals surface area contributed by atoms with Gasteiger partial charge in [0.25, 0.3) is 5.91 Å². The molecule has 0 spiro atoms. The van der Waals surface area contributed by atoms with E-state index in [1.54, 1.807) is 19.2 Å². The number of carbonyl (C=O) groups is 2. The number of hydrogen-bond donors (Lipinski definition) is 1. The summed E-state index contributed by atoms with van der Waals surface area (Å²) in [6, 6.07) is 5.76. The van der Waals surface area contributed by atoms with Crippen molar-refractivity contribution in [1.82, 2.24) is 0 Å². The van der Waals surface area contributed by atoms with Crippen molar-refractivity contribution in [2.45, 2.75) is 6.92 Å². The lowest BCUT2D eigenvalue weighted by Crippen LogP contribution is -2.57. The Morgan fingerprint density at radius 2 is 1.76 bits per heavy atom. The topological polar surface area (TPSA) is 88.1 Å². The minimum absolute atomic E-state index is 0.0911. The second kappa shape index (κ2) is 7.34. The number of carboxylic acids is 1. The first-order chi connectivity index (χ1) is 7.88. The van der Waals surface area contributed by atoms with Gasteiger partial charge in [-0.1, -0.05) is 0 Å². The molecule has 0 radical (unpaired) electrons. The number of nitrogens with zero attached hydrogens (tertiary/aromatic N) is 1. The van der Waals surface area contributed by atoms with Gasteiger partial charge in [-0.3, -0.25) is 4.79 Å². The molecule has 0 aromatic heterocycles. The minimum Gasteiger partial charge on any atom is -0.550 e. The van der Waals surface area contributed by atoms with Gasteiger partial charge in [0.1, 0.15) is 5.82 Å². The number of quaternary nitrogens is 1. The number of carbonyl (C=O) groups excluding carboxylic acids is 2. The smallest absolute Gasteiger partial charge is 0.281 e. The van der Waals surface area contributed by atoms with Crippen LogP contribution in [0.15, 0.2) is 24.3 Å². The van der Waals surface area contributed by atoms with Gasteiger partial charge >= 0.3 is 0 Å². The number of carboxylic acid groups (broad SMARTS) is 1. The number of aliphatic carboxylic acids is 1. The molecule has 0 aliphatic heterocycles. The van der Waals surface area contributed by atoms with Crippen LogP contribution in [0.2, 0.25) is 0 Å². The maximum absolute atomic E-state index is 12.5. The molecule has 0 saturated heterocycles. The normalized spacial score (nSPS) is 8.94. The lowest BCUT2D eigenvalue weighted by Gasteiger charge is -2.14. The van der Waals surface area contributed by atoms with Gasteiger partial charge in [0, 0.05) is 18.7 Å². The highest BCUT2D eigenvalue weighted by Crippen LogP contribution is 2.12. The molecule has 0 unspecified atom stereocenters. The fourth-order valence-corrected chi connectivity index (χ4v) is 0.976. The second-order valence-corrected chi connectivity index (χ2v) is 3.17. The molecule has 0 aliphatic rings. The van der Waals surface area contributed by atoms with Crippen LogP contribution in [0.25, 0.3) is 0 Å². The Morgan fingerprint density at radius 3 is 2.12 bits per heavy atom. The Balaban J connectivity index is 0.000000557. The van der Waals surface area contributed by atoms with Crippen molar-refractivity contribution in [3.63, 3.8) is 0 Å². The molecule has 1 aromatic rings. The first kappa shape index (κ1) is 15.0. The van der Waals surface area contributed by atoms with Crippen molar-refractivity contribution in [3.05, 3.63) is 30.1 Å². The van der Waals surface area contributed by atoms with Crippen molar-refractivity contribution in [1.29, 1.82) is 0 Å². The number of rotatable bonds is 2. The van der Waals surface area contributed by atoms with E-state index in [1.165, 1.54) is 17.0 Å². The largest absolute Gasteiger partial charge is 0.550 e. The SMILES string of the molecule is CC(=O)[O-].CN(C(=O)C[NH3+])c1ccc(F)cc1. The van der Waals surface area contributed by atoms with Crippen LogP contribution in [0.3, 0.4) is 0 Å². The highest BCUT2D eigenvalue weighted by Gasteiger charge is 2.09. The summed E-state index contributed by atoms with van der Waals surface area (Å²) in [7, 11) is 1.64. The molecule has 0 heterocycles. The fraction of sp³-hybridized carbons (Fsp3) is 0.273. The van der Waals surface area contributed by atoms with E-state index in [0.717, 1.165) is 6.92 Å². The molecule has 3 N–H and O–H groups in total. The summed E-state index contributed by atoms with van der Waals surface area (Å²) in [6.07, 6.45) is 0. The first-order valence-corrected chi connectivity index (χ1v) is 4.87. The highest BCUT2D eigenvalue weighted by atomic mass is 19.1. The molecule has 94 valence electrons. The van der Waals surface area contributed by atoms with Gasteiger partial charge in [-0.2, -0.15) is 0 Å². The van der Waals surface area contributed by atoms with Crippen LogP contribution in [0.4, 0.5) is 10.1 Å². The molecule has 0 aliphatic carbocycles. The number of halogens is 1. The summed E-state index contributed by atoms with van der Waals surface area (Å²) in [5, 5.41) is 8.89. The standard InChI is InChI=1S/C9H11FN2O.C2H4O2/c1-12(9(13)6-11)8-4-2-7(10)3-5-8;1-2(3)4/h2-5H,6,11H2,1H3;1H3,(H,3,4). The van der Waals surface area contributed by atoms with Crippen LogP contribution in [-0.2, 0) is 9.59 Å². The van der Waals surface area contributed by atoms with Crippen molar-refractivity contribution in [3.8, 4) is 0 Å². The Bertz CT molecular complexity index is 375. The Kier molecular flexibility index (Phi) is 6.50. The zero-order valence-electron chi connectivity index (χ0n) is 9.77. The number of likely N-dealkylation sites (N-methyl/N-ethyl adjacent to an activating group) is 1. The Labute approximate surface area is 98.6 Å². The van der Waals surface area contributed by atoms with Gasteiger partial charge in [0.2, 0.25) is 0 Å². The molecule has 0 saturated carbocycles. The fourth-order valence-electron chi connectivity index (χ4n) is 0.976. The average molecular weight is 242 g/mol. The summed E-state index contributed by atoms with van der Waals surface area (Å²) in [5.74, 6) is -1.48. The maximum atomic E-state index is 12.5. The third kappa shape index (κ3) is 6.26. The summed E-state index contributed by atoms with van der Waals surface area (Å²) in [6.45, 7) is 1.17. The van der Waals surface area contributed by atoms with Gasteiger partial charge in [-0.25, -0.2) is 4.39 Å². The molecule has 1 aromatic carbocycles. The van der Waals surface area contributed by atoms with Crippen LogP contribution in [0.1, 0.15) is 6.92 Å². The van der Waals surface area contributed by atoms with Gasteiger partial charge in [-0.15, -0.1) is 0 Å². The molecule has 0 atom stereocenters. The second-order valence-electron chi connectivity index (χ2n) is 3.17. The number of hydrogen-bond acceptors (Lipinski definition) is 3. The minimum atomic E-state index is -1.08. The van der Waals surface area contributed by atoms with Gasteiger partial charge in [0.05, 0.1) is 0 Å². The molecular formula is C11H15FN2O3. The van der Waals surface area contributed by atoms with Crippen LogP contribution in [-0.4, -0.2) is 25.5 Å². The number of benzene rings is 1. The third-order valence-electron chi connectivity index (χ3n) is 1.80. The Morgan fingerprint density at radius 1 is 1.35 bits per heavy atom. The van der Waals surface area contributed by atoms with E-state index in [-0.39, 0.29) is 18.3 Å². The van der Waals surface area contributed by atoms with E-state index in [9.17, 15) is 9.18 Å². The molecule has 0 bridgehead atoms. The van der Waals surface area contributed by atoms with Crippen molar-refractivity contribution < 1.29 is 24.8 Å². The summed E-state index contributed by atoms with van der Waals surface area (Å²) in [4.78, 5) is 21.5. The third-order valence-corrected chi connectivity index (χ3v) is 1.80. The Hall–Kier alpha value is -1.95. The van der Waals surface area contributed by atoms with E-state index in [0.29, 0.717) is 5.69 Å². The van der Waals surface area contributed by atoms with Crippen LogP contribution in [0.5, 0.6) is 0 Å². The van der Waals surface area contributed by atoms with Gasteiger partial charge in [0.15, 0.2) is 6.54 Å². The average Bonchev–Trinajstić information content (AvgIpc) is 2.27. The lowest BCUT2D eigenvalue weighted by molar-refractivity contribution is -0.354. The van der Waals surface area contributed by atoms with Crippen LogP contribution in [0, 0.1) is 5.82 Å². The molecule has 6 heteroatoms. The number of amides is 1. The predicted octanol–water partition coefficient (Wildman–Crippen LogP) is -1.21. The summed E-state index contributed by atoms with van der Waals surface area (Å²) >= 11 is 0. The molecule has 1 amide bonds. The predicted molar refractivity (Wildman–Crippen MR) is 58.2 cm³/mol. The zero-order valence-corrected chi connectivity index (χ0v) is 9.77. The van der Waals surface area contributed by atoms with Crippen LogP contribution >= 0.6 is 0 Å². The molecular weight excluding hydrogens is 227 g/mol. The van der Waals surface area contributed by atoms with E-state index in [4.69, 9.17) is 9.90 Å². The van der Waals surface area contributed by atoms with E-state index in [1.807, 2.05) is 0 Å². The van der Waals surface area contributed by atoms with E-state index in [2.05, 4.69) is 5.73 Å². The summed E-state index contributed by atoms with van der Waals surface area (Å²) < 4.78 is 12.5. The van der Waals surface area contributed by atoms with Gasteiger partial charge in [-0.05, 0) is 31.2 Å². The quantitative estimate of drug-likeness (QED) is 0.705. The maximum Gasteiger partial charge on any atom is 0.281 e. The first-order valence-electron chi connectivity index (χ1n) is 4.87. The molecule has 0 fully saturated rings. The van der Waals surface area contributed by atoms with Crippen LogP contribution < -0.4 is 15.7 Å². The van der Waals surface area contributed by atoms with Crippen molar-refractivity contribution in [2.75, 3.05) is 18.5 Å².